The molecule has 286 valence electrons. The van der Waals surface area contributed by atoms with Gasteiger partial charge in [0.15, 0.2) is 11.5 Å². The maximum atomic E-state index is 12.4. The number of carbonyl (C=O) groups is 1. The van der Waals surface area contributed by atoms with Crippen LogP contribution in [0.25, 0.3) is 11.1 Å². The van der Waals surface area contributed by atoms with E-state index in [-0.39, 0.29) is 47.9 Å². The second-order valence-corrected chi connectivity index (χ2v) is 15.4. The number of nitrogen functional groups attached to an aromatic ring is 1. The average Bonchev–Trinajstić information content (AvgIpc) is 3.72. The Morgan fingerprint density at radius 1 is 1.05 bits per heavy atom. The first-order valence-electron chi connectivity index (χ1n) is 19.0. The summed E-state index contributed by atoms with van der Waals surface area (Å²) in [7, 11) is 5.35. The molecule has 0 unspecified atom stereocenters. The summed E-state index contributed by atoms with van der Waals surface area (Å²) < 4.78 is 25.4. The van der Waals surface area contributed by atoms with Crippen molar-refractivity contribution in [1.29, 1.82) is 0 Å². The van der Waals surface area contributed by atoms with Crippen LogP contribution in [0.15, 0.2) is 48.5 Å². The summed E-state index contributed by atoms with van der Waals surface area (Å²) in [5.74, 6) is 8.54. The summed E-state index contributed by atoms with van der Waals surface area (Å²) in [5.41, 5.74) is 14.2. The molecule has 4 atom stereocenters. The van der Waals surface area contributed by atoms with Crippen LogP contribution in [0.2, 0.25) is 0 Å². The summed E-state index contributed by atoms with van der Waals surface area (Å²) >= 11 is 0. The van der Waals surface area contributed by atoms with Gasteiger partial charge in [0.05, 0.1) is 13.0 Å². The minimum absolute atomic E-state index is 0.00825. The summed E-state index contributed by atoms with van der Waals surface area (Å²) in [6.45, 7) is 2.61. The first kappa shape index (κ1) is 36.5. The number of hydrogen-bond donors (Lipinski definition) is 5. The fourth-order valence-corrected chi connectivity index (χ4v) is 9.54. The van der Waals surface area contributed by atoms with Crippen LogP contribution < -0.4 is 30.6 Å². The molecule has 0 amide bonds. The molecular weight excluding hydrogens is 697 g/mol. The molecule has 2 aliphatic carbocycles. The predicted octanol–water partition coefficient (Wildman–Crippen LogP) is 5.46. The van der Waals surface area contributed by atoms with Crippen LogP contribution in [0.1, 0.15) is 77.3 Å². The van der Waals surface area contributed by atoms with Crippen LogP contribution >= 0.6 is 0 Å². The van der Waals surface area contributed by atoms with Crippen molar-refractivity contribution in [2.45, 2.75) is 69.0 Å². The van der Waals surface area contributed by atoms with Gasteiger partial charge >= 0.3 is 5.97 Å². The largest absolute Gasteiger partial charge is 0.508 e. The molecule has 0 radical (unpaired) electrons. The van der Waals surface area contributed by atoms with Crippen LogP contribution in [-0.2, 0) is 34.2 Å². The Labute approximate surface area is 321 Å². The molecule has 1 aromatic heterocycles. The number of nitrogens with two attached hydrogens (primary N) is 1. The monoisotopic (exact) mass is 744 g/mol. The van der Waals surface area contributed by atoms with Crippen LogP contribution in [0.4, 0.5) is 5.82 Å². The van der Waals surface area contributed by atoms with Crippen molar-refractivity contribution in [3.8, 4) is 51.7 Å². The van der Waals surface area contributed by atoms with Gasteiger partial charge in [0.25, 0.3) is 0 Å². The lowest BCUT2D eigenvalue weighted by Gasteiger charge is -2.39. The van der Waals surface area contributed by atoms with Gasteiger partial charge in [0.1, 0.15) is 47.6 Å². The SMILES string of the molecule is CNCC(CNC)Oc1cc2c(cc1O)CC#Cc1nc(N)ccc1C[C@H]1CC[C@]3(Cc4cc(O)cc(OC)c4-c4ccc5c(c43)O[C@H]2[C@H]5COC(C)=O)C1. The third kappa shape index (κ3) is 6.68. The highest BCUT2D eigenvalue weighted by Gasteiger charge is 2.51. The average molecular weight is 745 g/mol. The molecule has 4 aliphatic rings. The second kappa shape index (κ2) is 14.7. The molecule has 11 nitrogen and oxygen atoms in total. The Kier molecular flexibility index (Phi) is 9.74. The Morgan fingerprint density at radius 3 is 2.64 bits per heavy atom. The molecule has 3 heterocycles. The number of ether oxygens (including phenoxy) is 4. The van der Waals surface area contributed by atoms with Gasteiger partial charge in [0, 0.05) is 60.2 Å². The number of methoxy groups -OCH3 is 1. The number of carbonyl (C=O) groups excluding carboxylic acids is 1. The molecule has 0 saturated heterocycles. The molecule has 55 heavy (non-hydrogen) atoms. The summed E-state index contributed by atoms with van der Waals surface area (Å²) in [5, 5.41) is 28.6. The van der Waals surface area contributed by atoms with E-state index in [1.54, 1.807) is 19.2 Å². The highest BCUT2D eigenvalue weighted by Crippen LogP contribution is 2.62. The van der Waals surface area contributed by atoms with Crippen molar-refractivity contribution < 1.29 is 34.0 Å². The molecule has 6 N–H and O–H groups in total. The van der Waals surface area contributed by atoms with Crippen LogP contribution in [0.5, 0.6) is 28.7 Å². The smallest absolute Gasteiger partial charge is 0.302 e. The Morgan fingerprint density at radius 2 is 1.87 bits per heavy atom. The third-order valence-electron chi connectivity index (χ3n) is 11.8. The molecule has 1 spiro atoms. The Bertz CT molecular complexity index is 2220. The summed E-state index contributed by atoms with van der Waals surface area (Å²) in [6.07, 6.45) is 3.67. The van der Waals surface area contributed by atoms with E-state index >= 15 is 0 Å². The predicted molar refractivity (Wildman–Crippen MR) is 209 cm³/mol. The van der Waals surface area contributed by atoms with Crippen molar-refractivity contribution >= 4 is 11.8 Å². The van der Waals surface area contributed by atoms with E-state index in [0.29, 0.717) is 48.4 Å². The van der Waals surface area contributed by atoms with Gasteiger partial charge in [-0.05, 0) is 105 Å². The number of nitrogens with one attached hydrogen (secondary N) is 2. The van der Waals surface area contributed by atoms with Gasteiger partial charge in [-0.1, -0.05) is 24.1 Å². The number of fused-ring (bicyclic) bond motifs is 7. The fraction of sp³-hybridized carbons (Fsp3) is 0.409. The molecule has 1 fully saturated rings. The highest BCUT2D eigenvalue weighted by molar-refractivity contribution is 5.84. The number of phenolic OH excluding ortho intramolecular Hbond substituents is 2. The van der Waals surface area contributed by atoms with Crippen molar-refractivity contribution in [3.05, 3.63) is 87.6 Å². The lowest BCUT2D eigenvalue weighted by molar-refractivity contribution is -0.141. The number of likely N-dealkylation sites (N-methyl/N-ethyl adjacent to an activating group) is 2. The van der Waals surface area contributed by atoms with Gasteiger partial charge in [-0.3, -0.25) is 4.79 Å². The number of nitrogens with zero attached hydrogens (tertiary/aromatic N) is 1. The van der Waals surface area contributed by atoms with E-state index in [1.807, 2.05) is 38.4 Å². The third-order valence-corrected chi connectivity index (χ3v) is 11.8. The Hall–Kier alpha value is -5.44. The van der Waals surface area contributed by atoms with Crippen molar-refractivity contribution in [2.75, 3.05) is 46.6 Å². The maximum absolute atomic E-state index is 12.4. The van der Waals surface area contributed by atoms with Crippen LogP contribution in [0, 0.1) is 17.8 Å². The highest BCUT2D eigenvalue weighted by atomic mass is 16.5. The van der Waals surface area contributed by atoms with Gasteiger partial charge in [-0.25, -0.2) is 4.98 Å². The minimum atomic E-state index is -0.601. The molecule has 8 rings (SSSR count). The standard InChI is InChI=1S/C44H48N4O7/c1-24(49)53-23-34-31-9-10-32-40-28(15-29(50)17-38(40)52-4)20-44-13-12-25(19-44)14-27-8-11-39(45)48-35(27)7-5-6-26-16-36(51)37(54-30(21-46-2)22-47-3)18-33(26)42(34)55-43(31)41(32)44/h8-11,15-18,25,30,34,42,46-47,50-51H,6,12-14,19-23H2,1-4H3,(H2,45,48)/t25-,34+,42-,44-/m1/s1. The second-order valence-electron chi connectivity index (χ2n) is 15.4. The number of phenols is 2. The molecular formula is C44H48N4O7. The lowest BCUT2D eigenvalue weighted by Crippen LogP contribution is -2.37. The lowest BCUT2D eigenvalue weighted by atomic mass is 9.65. The normalized spacial score (nSPS) is 21.5. The minimum Gasteiger partial charge on any atom is -0.508 e. The van der Waals surface area contributed by atoms with Gasteiger partial charge in [0.2, 0.25) is 0 Å². The number of pyridine rings is 1. The van der Waals surface area contributed by atoms with E-state index in [0.717, 1.165) is 75.9 Å². The van der Waals surface area contributed by atoms with E-state index in [2.05, 4.69) is 39.6 Å². The number of benzene rings is 3. The Balaban J connectivity index is 1.37. The molecule has 4 aromatic rings. The van der Waals surface area contributed by atoms with Gasteiger partial charge < -0.3 is 45.5 Å². The first-order valence-corrected chi connectivity index (χ1v) is 19.0. The number of esters is 1. The molecule has 4 bridgehead atoms. The van der Waals surface area contributed by atoms with Gasteiger partial charge in [-0.2, -0.15) is 0 Å². The van der Waals surface area contributed by atoms with E-state index in [4.69, 9.17) is 24.7 Å². The van der Waals surface area contributed by atoms with Crippen molar-refractivity contribution in [3.63, 3.8) is 0 Å². The van der Waals surface area contributed by atoms with E-state index in [1.165, 1.54) is 6.92 Å². The molecule has 1 saturated carbocycles. The molecule has 3 aromatic carbocycles. The van der Waals surface area contributed by atoms with E-state index in [9.17, 15) is 15.0 Å². The first-order chi connectivity index (χ1) is 26.6. The zero-order valence-corrected chi connectivity index (χ0v) is 31.8. The molecule has 11 heteroatoms. The number of anilines is 1. The fourth-order valence-electron chi connectivity index (χ4n) is 9.54. The number of hydrogen-bond acceptors (Lipinski definition) is 11. The number of rotatable bonds is 9. The topological polar surface area (TPSA) is 157 Å². The maximum Gasteiger partial charge on any atom is 0.302 e. The van der Waals surface area contributed by atoms with Crippen molar-refractivity contribution in [1.82, 2.24) is 15.6 Å². The van der Waals surface area contributed by atoms with Crippen LogP contribution in [-0.4, -0.2) is 68.2 Å². The zero-order chi connectivity index (χ0) is 38.4. The quantitative estimate of drug-likeness (QED) is 0.110. The number of aromatic nitrogens is 1. The zero-order valence-electron chi connectivity index (χ0n) is 31.8. The number of aromatic hydroxyl groups is 2. The van der Waals surface area contributed by atoms with E-state index < -0.39 is 6.10 Å². The van der Waals surface area contributed by atoms with Crippen molar-refractivity contribution in [2.24, 2.45) is 5.92 Å². The summed E-state index contributed by atoms with van der Waals surface area (Å²) in [6, 6.07) is 15.2. The molecule has 2 aliphatic heterocycles. The van der Waals surface area contributed by atoms with Crippen LogP contribution in [0.3, 0.4) is 0 Å². The summed E-state index contributed by atoms with van der Waals surface area (Å²) in [4.78, 5) is 17.1. The van der Waals surface area contributed by atoms with Gasteiger partial charge in [-0.15, -0.1) is 0 Å².